The first-order valence-corrected chi connectivity index (χ1v) is 48.1. The Balaban J connectivity index is 0.000000196. The lowest BCUT2D eigenvalue weighted by Crippen LogP contribution is -2.37. The molecule has 2 N–H and O–H groups in total. The maximum absolute atomic E-state index is 11.0. The molecular formula is C110H107NO15Si2. The van der Waals surface area contributed by atoms with Gasteiger partial charge in [-0.1, -0.05) is 334 Å². The number of esters is 2. The van der Waals surface area contributed by atoms with Crippen molar-refractivity contribution < 1.29 is 67.2 Å². The summed E-state index contributed by atoms with van der Waals surface area (Å²) < 4.78 is 37.3. The largest absolute Gasteiger partial charge is 0.544 e. The third-order valence-corrected chi connectivity index (χ3v) is 20.1. The molecule has 18 heteroatoms. The summed E-state index contributed by atoms with van der Waals surface area (Å²) in [6, 6.07) is 145. The molecule has 0 atom stereocenters. The summed E-state index contributed by atoms with van der Waals surface area (Å²) in [4.78, 5) is 53.8. The Morgan fingerprint density at radius 1 is 0.305 bits per heavy atom. The number of benzene rings is 16. The lowest BCUT2D eigenvalue weighted by Gasteiger charge is -2.18. The van der Waals surface area contributed by atoms with Crippen LogP contribution >= 0.6 is 0 Å². The van der Waals surface area contributed by atoms with Crippen molar-refractivity contribution in [2.45, 2.75) is 53.1 Å². The minimum absolute atomic E-state index is 0.0559. The van der Waals surface area contributed by atoms with Crippen molar-refractivity contribution in [2.24, 2.45) is 0 Å². The molecule has 0 fully saturated rings. The fraction of sp³-hybridized carbons (Fsp3) is 0.0909. The molecule has 16 rings (SSSR count). The Hall–Kier alpha value is -15.8. The van der Waals surface area contributed by atoms with Gasteiger partial charge >= 0.3 is 23.9 Å². The van der Waals surface area contributed by atoms with E-state index < -0.39 is 33.3 Å². The van der Waals surface area contributed by atoms with Gasteiger partial charge in [-0.15, -0.1) is 0 Å². The van der Waals surface area contributed by atoms with Crippen LogP contribution in [-0.4, -0.2) is 69.1 Å². The van der Waals surface area contributed by atoms with Crippen molar-refractivity contribution in [1.82, 2.24) is 0 Å². The van der Waals surface area contributed by atoms with Crippen LogP contribution in [0, 0.1) is 17.0 Å². The predicted octanol–water partition coefficient (Wildman–Crippen LogP) is 28.7. The van der Waals surface area contributed by atoms with Crippen molar-refractivity contribution in [3.05, 3.63) is 499 Å². The molecule has 0 spiro atoms. The summed E-state index contributed by atoms with van der Waals surface area (Å²) >= 11 is 0. The second-order valence-electron chi connectivity index (χ2n) is 29.4. The summed E-state index contributed by atoms with van der Waals surface area (Å²) in [6.45, 7) is 17.9. The van der Waals surface area contributed by atoms with Crippen LogP contribution in [-0.2, 0) is 9.47 Å². The fourth-order valence-corrected chi connectivity index (χ4v) is 13.0. The number of nitrogens with zero attached hydrogens (tertiary/aromatic N) is 1. The number of aryl methyl sites for hydroxylation is 1. The average molecular weight is 1740 g/mol. The number of methoxy groups -OCH3 is 1. The molecule has 0 radical (unpaired) electrons. The van der Waals surface area contributed by atoms with E-state index in [0.29, 0.717) is 34.8 Å². The van der Waals surface area contributed by atoms with E-state index >= 15 is 0 Å². The first-order valence-electron chi connectivity index (χ1n) is 41.2. The van der Waals surface area contributed by atoms with Crippen molar-refractivity contribution >= 4 is 51.1 Å². The smallest absolute Gasteiger partial charge is 0.338 e. The number of nitro groups is 1. The number of ether oxygens (including phenoxy) is 6. The molecule has 0 aromatic heterocycles. The van der Waals surface area contributed by atoms with Crippen molar-refractivity contribution in [1.29, 1.82) is 0 Å². The third-order valence-electron chi connectivity index (χ3n) is 17.2. The van der Waals surface area contributed by atoms with Crippen LogP contribution in [0.5, 0.6) is 51.7 Å². The molecule has 0 aliphatic heterocycles. The monoisotopic (exact) mass is 1740 g/mol. The highest BCUT2D eigenvalue weighted by molar-refractivity contribution is 6.88. The number of aromatic carboxylic acids is 2. The van der Waals surface area contributed by atoms with Crippen LogP contribution in [0.15, 0.2) is 461 Å². The zero-order valence-corrected chi connectivity index (χ0v) is 75.2. The van der Waals surface area contributed by atoms with E-state index in [2.05, 4.69) is 130 Å². The summed E-state index contributed by atoms with van der Waals surface area (Å²) in [7, 11) is -1.06. The topological polar surface area (TPSA) is 216 Å². The Bertz CT molecular complexity index is 5560. The molecule has 128 heavy (non-hydrogen) atoms. The number of carbonyl (C=O) groups is 4. The van der Waals surface area contributed by atoms with Crippen LogP contribution in [0.4, 0.5) is 5.69 Å². The van der Waals surface area contributed by atoms with Crippen LogP contribution in [0.1, 0.15) is 53.9 Å². The number of carbonyl (C=O) groups excluding carboxylic acids is 2. The average Bonchev–Trinajstić information content (AvgIpc) is 0.815. The first-order chi connectivity index (χ1) is 61.9. The Kier molecular flexibility index (Phi) is 43.5. The number of hydrogen-bond acceptors (Lipinski definition) is 13. The van der Waals surface area contributed by atoms with Gasteiger partial charge in [-0.3, -0.25) is 10.1 Å². The molecule has 650 valence electrons. The lowest BCUT2D eigenvalue weighted by molar-refractivity contribution is -0.384. The minimum Gasteiger partial charge on any atom is -0.544 e. The van der Waals surface area contributed by atoms with Crippen LogP contribution in [0.3, 0.4) is 0 Å². The molecule has 0 heterocycles. The molecule has 0 amide bonds. The zero-order chi connectivity index (χ0) is 91.8. The number of rotatable bonds is 19. The van der Waals surface area contributed by atoms with Gasteiger partial charge in [0, 0.05) is 12.1 Å². The van der Waals surface area contributed by atoms with Gasteiger partial charge in [-0.05, 0) is 201 Å². The molecule has 0 saturated carbocycles. The van der Waals surface area contributed by atoms with Gasteiger partial charge in [0.05, 0.1) is 49.0 Å². The number of non-ortho nitro benzene ring substituents is 1. The van der Waals surface area contributed by atoms with Gasteiger partial charge in [0.25, 0.3) is 5.69 Å². The van der Waals surface area contributed by atoms with Crippen LogP contribution in [0.2, 0.25) is 39.3 Å². The summed E-state index contributed by atoms with van der Waals surface area (Å²) in [6.07, 6.45) is 0. The molecule has 16 aromatic carbocycles. The molecule has 0 aliphatic carbocycles. The van der Waals surface area contributed by atoms with E-state index in [1.807, 2.05) is 303 Å². The molecule has 16 nitrogen and oxygen atoms in total. The summed E-state index contributed by atoms with van der Waals surface area (Å²) in [5, 5.41) is 29.9. The van der Waals surface area contributed by atoms with Gasteiger partial charge < -0.3 is 43.1 Å². The van der Waals surface area contributed by atoms with Gasteiger partial charge in [0.15, 0.2) is 0 Å². The molecule has 0 saturated heterocycles. The molecular weight excluding hydrogens is 1630 g/mol. The number of carboxylic acid groups (broad SMARTS) is 2. The quantitative estimate of drug-likeness (QED) is 0.0333. The second kappa shape index (κ2) is 56.1. The number of para-hydroxylation sites is 7. The SMILES string of the molecule is CCOC(=O)c1ccccc1.COC(=O)c1ccccc1.C[Si](C)(C)Oc1ccccc1.C[Si](C)(C)c1ccccc1.Cc1ccc(Oc2ccccc2)cc1.O=C(O)c1ccc(-c2ccccc2)cc1C(=O)O.O=[N+]([O-])c1ccc(Oc2ccccc2)cc1.c1ccc(-c2ccccc2)cc1.c1ccc(Oc2ccccc2)cc1.c1ccc(Oc2ccccc2)cc1. The summed E-state index contributed by atoms with van der Waals surface area (Å²) in [5.41, 5.74) is 6.15. The minimum atomic E-state index is -1.40. The fourth-order valence-electron chi connectivity index (χ4n) is 11.0. The van der Waals surface area contributed by atoms with Crippen molar-refractivity contribution in [3.8, 4) is 74.0 Å². The van der Waals surface area contributed by atoms with Crippen LogP contribution in [0.25, 0.3) is 22.3 Å². The van der Waals surface area contributed by atoms with E-state index in [1.165, 1.54) is 53.3 Å². The third kappa shape index (κ3) is 40.0. The van der Waals surface area contributed by atoms with Crippen molar-refractivity contribution in [3.63, 3.8) is 0 Å². The first kappa shape index (κ1) is 99.3. The van der Waals surface area contributed by atoms with Gasteiger partial charge in [0.1, 0.15) is 51.7 Å². The van der Waals surface area contributed by atoms with E-state index in [4.69, 9.17) is 38.3 Å². The van der Waals surface area contributed by atoms with E-state index in [-0.39, 0.29) is 28.8 Å². The molecule has 0 bridgehead atoms. The molecule has 0 aliphatic rings. The second-order valence-corrected chi connectivity index (χ2v) is 38.9. The Morgan fingerprint density at radius 3 is 0.828 bits per heavy atom. The van der Waals surface area contributed by atoms with E-state index in [9.17, 15) is 29.3 Å². The highest BCUT2D eigenvalue weighted by Gasteiger charge is 2.18. The Morgan fingerprint density at radius 2 is 0.562 bits per heavy atom. The molecule has 0 unspecified atom stereocenters. The Labute approximate surface area is 753 Å². The van der Waals surface area contributed by atoms with Gasteiger partial charge in [-0.2, -0.15) is 0 Å². The number of carboxylic acids is 2. The normalized spacial score (nSPS) is 9.88. The van der Waals surface area contributed by atoms with Crippen LogP contribution < -0.4 is 28.6 Å². The highest BCUT2D eigenvalue weighted by atomic mass is 28.4. The highest BCUT2D eigenvalue weighted by Crippen LogP contribution is 2.28. The maximum atomic E-state index is 11.0. The lowest BCUT2D eigenvalue weighted by atomic mass is 9.99. The number of nitro benzene ring substituents is 1. The van der Waals surface area contributed by atoms with Gasteiger partial charge in [-0.25, -0.2) is 19.2 Å². The zero-order valence-electron chi connectivity index (χ0n) is 73.2. The van der Waals surface area contributed by atoms with Gasteiger partial charge in [0.2, 0.25) is 8.32 Å². The number of hydrogen-bond donors (Lipinski definition) is 2. The summed E-state index contributed by atoms with van der Waals surface area (Å²) in [5.74, 6) is 4.47. The molecule has 16 aromatic rings. The maximum Gasteiger partial charge on any atom is 0.338 e. The van der Waals surface area contributed by atoms with Crippen molar-refractivity contribution in [2.75, 3.05) is 13.7 Å². The predicted molar refractivity (Wildman–Crippen MR) is 521 cm³/mol. The van der Waals surface area contributed by atoms with E-state index in [1.54, 1.807) is 61.5 Å². The van der Waals surface area contributed by atoms with E-state index in [0.717, 1.165) is 45.8 Å². The standard InChI is InChI=1S/C14H10O4.C13H12O.C12H9NO3.2C12H10O.C12H10.C9H10O2.C9H14OSi.C9H14Si.C8H8O2/c15-13(16)11-7-6-10(8-12(11)14(17)18)9-4-2-1-3-5-9;1-11-7-9-13(10-8-11)14-12-5-3-2-4-6-12;14-13(15)10-6-8-12(9-7-10)16-11-4-2-1-3-5-11;2*1-3-7-11(8-4-1)13-12-9-5-2-6-10-12;1-3-7-11(8-4-1)12-9-5-2-6-10-12;1-2-11-9(10)8-6-4-3-5-7-8;1-11(2,3)10-9-7-5-4-6-8-9;1-10(2,3)9-7-5-4-6-8-9;1-10-8(9)7-5-3-2-4-6-7/h1-8H,(H,15,16)(H,17,18);2-10H,1H3;1-9H;2*1-10H;1-10H;3-7H,2H2,1H3;4-8H,1-3H3;4-8H,1-3H3;2-6H,1H3.